The van der Waals surface area contributed by atoms with Crippen LogP contribution in [0.1, 0.15) is 0 Å². The standard InChI is InChI=1S/C24H15Cl2N3/c25-18-11-13-19(14-12-18)29-22(17-9-5-2-6-10-17)20(16-7-3-1-4-8-16)21-23(26)27-15-28-24(21)29/h1-15H. The van der Waals surface area contributed by atoms with Gasteiger partial charge in [-0.2, -0.15) is 0 Å². The Bertz CT molecular complexity index is 1300. The Morgan fingerprint density at radius 2 is 1.28 bits per heavy atom. The first-order valence-corrected chi connectivity index (χ1v) is 9.91. The van der Waals surface area contributed by atoms with Crippen LogP contribution in [0.3, 0.4) is 0 Å². The molecule has 0 aliphatic heterocycles. The Kier molecular flexibility index (Phi) is 4.55. The van der Waals surface area contributed by atoms with Crippen molar-refractivity contribution < 1.29 is 0 Å². The maximum absolute atomic E-state index is 6.61. The molecule has 0 aliphatic carbocycles. The second-order valence-corrected chi connectivity index (χ2v) is 7.43. The van der Waals surface area contributed by atoms with Crippen LogP contribution in [0.25, 0.3) is 39.1 Å². The van der Waals surface area contributed by atoms with Gasteiger partial charge in [-0.1, -0.05) is 83.9 Å². The van der Waals surface area contributed by atoms with Gasteiger partial charge in [0, 0.05) is 16.3 Å². The molecule has 0 N–H and O–H groups in total. The average Bonchev–Trinajstić information content (AvgIpc) is 3.12. The maximum Gasteiger partial charge on any atom is 0.150 e. The highest BCUT2D eigenvalue weighted by Crippen LogP contribution is 2.43. The highest BCUT2D eigenvalue weighted by atomic mass is 35.5. The summed E-state index contributed by atoms with van der Waals surface area (Å²) in [7, 11) is 0. The summed E-state index contributed by atoms with van der Waals surface area (Å²) in [4.78, 5) is 8.88. The Balaban J connectivity index is 1.98. The predicted octanol–water partition coefficient (Wildman–Crippen LogP) is 7.06. The summed E-state index contributed by atoms with van der Waals surface area (Å²) in [5, 5.41) is 1.94. The summed E-state index contributed by atoms with van der Waals surface area (Å²) < 4.78 is 2.12. The third kappa shape index (κ3) is 3.09. The minimum atomic E-state index is 0.429. The van der Waals surface area contributed by atoms with Gasteiger partial charge in [0.2, 0.25) is 0 Å². The van der Waals surface area contributed by atoms with Crippen LogP contribution in [-0.2, 0) is 0 Å². The van der Waals surface area contributed by atoms with E-state index in [9.17, 15) is 0 Å². The van der Waals surface area contributed by atoms with E-state index >= 15 is 0 Å². The number of hydrogen-bond donors (Lipinski definition) is 0. The van der Waals surface area contributed by atoms with E-state index in [-0.39, 0.29) is 0 Å². The summed E-state index contributed by atoms with van der Waals surface area (Å²) in [6.07, 6.45) is 1.50. The predicted molar refractivity (Wildman–Crippen MR) is 120 cm³/mol. The summed E-state index contributed by atoms with van der Waals surface area (Å²) in [5.74, 6) is 0. The van der Waals surface area contributed by atoms with E-state index in [4.69, 9.17) is 23.2 Å². The van der Waals surface area contributed by atoms with Gasteiger partial charge in [-0.05, 0) is 35.4 Å². The number of fused-ring (bicyclic) bond motifs is 1. The van der Waals surface area contributed by atoms with E-state index in [2.05, 4.69) is 38.8 Å². The first-order valence-electron chi connectivity index (χ1n) is 9.16. The fraction of sp³-hybridized carbons (Fsp3) is 0. The fourth-order valence-electron chi connectivity index (χ4n) is 3.67. The Hall–Kier alpha value is -3.14. The zero-order valence-electron chi connectivity index (χ0n) is 15.3. The Morgan fingerprint density at radius 3 is 1.93 bits per heavy atom. The van der Waals surface area contributed by atoms with Gasteiger partial charge in [-0.25, -0.2) is 9.97 Å². The van der Waals surface area contributed by atoms with Crippen LogP contribution in [0.4, 0.5) is 0 Å². The second kappa shape index (κ2) is 7.36. The van der Waals surface area contributed by atoms with Gasteiger partial charge < -0.3 is 0 Å². The van der Waals surface area contributed by atoms with Gasteiger partial charge in [0.25, 0.3) is 0 Å². The molecule has 2 heterocycles. The first-order chi connectivity index (χ1) is 14.2. The van der Waals surface area contributed by atoms with Crippen molar-refractivity contribution in [1.29, 1.82) is 0 Å². The lowest BCUT2D eigenvalue weighted by atomic mass is 9.99. The maximum atomic E-state index is 6.61. The molecule has 0 bridgehead atoms. The lowest BCUT2D eigenvalue weighted by Crippen LogP contribution is -1.98. The molecule has 0 radical (unpaired) electrons. The van der Waals surface area contributed by atoms with Crippen molar-refractivity contribution in [1.82, 2.24) is 14.5 Å². The zero-order valence-corrected chi connectivity index (χ0v) is 16.8. The number of nitrogens with zero attached hydrogens (tertiary/aromatic N) is 3. The van der Waals surface area contributed by atoms with Gasteiger partial charge in [0.05, 0.1) is 11.1 Å². The quantitative estimate of drug-likeness (QED) is 0.295. The Labute approximate surface area is 178 Å². The topological polar surface area (TPSA) is 30.7 Å². The summed E-state index contributed by atoms with van der Waals surface area (Å²) >= 11 is 12.8. The van der Waals surface area contributed by atoms with E-state index in [1.54, 1.807) is 0 Å². The summed E-state index contributed by atoms with van der Waals surface area (Å²) in [6.45, 7) is 0. The highest BCUT2D eigenvalue weighted by Gasteiger charge is 2.24. The smallest absolute Gasteiger partial charge is 0.150 e. The third-order valence-electron chi connectivity index (χ3n) is 4.90. The van der Waals surface area contributed by atoms with Crippen molar-refractivity contribution in [3.63, 3.8) is 0 Å². The van der Waals surface area contributed by atoms with Gasteiger partial charge >= 0.3 is 0 Å². The molecule has 29 heavy (non-hydrogen) atoms. The number of aromatic nitrogens is 3. The Morgan fingerprint density at radius 1 is 0.655 bits per heavy atom. The van der Waals surface area contributed by atoms with Gasteiger partial charge in [-0.3, -0.25) is 4.57 Å². The fourth-order valence-corrected chi connectivity index (χ4v) is 4.02. The van der Waals surface area contributed by atoms with Crippen molar-refractivity contribution in [3.05, 3.63) is 101 Å². The van der Waals surface area contributed by atoms with Crippen molar-refractivity contribution in [3.8, 4) is 28.1 Å². The van der Waals surface area contributed by atoms with E-state index in [0.29, 0.717) is 10.2 Å². The first kappa shape index (κ1) is 17.9. The van der Waals surface area contributed by atoms with Gasteiger partial charge in [0.15, 0.2) is 5.65 Å². The van der Waals surface area contributed by atoms with Crippen molar-refractivity contribution in [2.24, 2.45) is 0 Å². The van der Waals surface area contributed by atoms with Crippen LogP contribution in [0.15, 0.2) is 91.3 Å². The average molecular weight is 416 g/mol. The van der Waals surface area contributed by atoms with E-state index in [1.165, 1.54) is 6.33 Å². The molecule has 0 spiro atoms. The monoisotopic (exact) mass is 415 g/mol. The normalized spacial score (nSPS) is 11.1. The molecule has 0 amide bonds. The SMILES string of the molecule is Clc1ccc(-n2c(-c3ccccc3)c(-c3ccccc3)c3c(Cl)ncnc32)cc1. The molecule has 3 nitrogen and oxygen atoms in total. The molecule has 0 fully saturated rings. The van der Waals surface area contributed by atoms with Crippen LogP contribution in [0.5, 0.6) is 0 Å². The van der Waals surface area contributed by atoms with E-state index < -0.39 is 0 Å². The molecule has 0 saturated carbocycles. The molecule has 5 heteroatoms. The largest absolute Gasteiger partial charge is 0.293 e. The van der Waals surface area contributed by atoms with Crippen molar-refractivity contribution in [2.45, 2.75) is 0 Å². The number of benzene rings is 3. The summed E-state index contributed by atoms with van der Waals surface area (Å²) in [5.41, 5.74) is 5.85. The van der Waals surface area contributed by atoms with Crippen LogP contribution < -0.4 is 0 Å². The third-order valence-corrected chi connectivity index (χ3v) is 5.44. The van der Waals surface area contributed by atoms with Crippen LogP contribution >= 0.6 is 23.2 Å². The molecule has 5 aromatic rings. The lowest BCUT2D eigenvalue weighted by Gasteiger charge is -2.13. The second-order valence-electron chi connectivity index (χ2n) is 6.63. The van der Waals surface area contributed by atoms with Crippen LogP contribution in [-0.4, -0.2) is 14.5 Å². The van der Waals surface area contributed by atoms with E-state index in [0.717, 1.165) is 39.1 Å². The molecule has 140 valence electrons. The van der Waals surface area contributed by atoms with Gasteiger partial charge in [-0.15, -0.1) is 0 Å². The molecule has 2 aromatic heterocycles. The van der Waals surface area contributed by atoms with Gasteiger partial charge in [0.1, 0.15) is 11.5 Å². The molecule has 5 rings (SSSR count). The minimum absolute atomic E-state index is 0.429. The number of hydrogen-bond acceptors (Lipinski definition) is 2. The van der Waals surface area contributed by atoms with Crippen molar-refractivity contribution >= 4 is 34.2 Å². The number of halogens is 2. The lowest BCUT2D eigenvalue weighted by molar-refractivity contribution is 1.08. The van der Waals surface area contributed by atoms with Crippen molar-refractivity contribution in [2.75, 3.05) is 0 Å². The number of rotatable bonds is 3. The highest BCUT2D eigenvalue weighted by molar-refractivity contribution is 6.35. The molecular formula is C24H15Cl2N3. The zero-order chi connectivity index (χ0) is 19.8. The molecule has 3 aromatic carbocycles. The molecule has 0 atom stereocenters. The molecule has 0 aliphatic rings. The molecule has 0 saturated heterocycles. The van der Waals surface area contributed by atoms with E-state index in [1.807, 2.05) is 60.7 Å². The molecule has 0 unspecified atom stereocenters. The summed E-state index contributed by atoms with van der Waals surface area (Å²) in [6, 6.07) is 28.2. The van der Waals surface area contributed by atoms with Crippen LogP contribution in [0.2, 0.25) is 10.2 Å². The minimum Gasteiger partial charge on any atom is -0.293 e. The molecular weight excluding hydrogens is 401 g/mol. The van der Waals surface area contributed by atoms with Crippen LogP contribution in [0, 0.1) is 0 Å².